The van der Waals surface area contributed by atoms with Crippen molar-refractivity contribution < 1.29 is 22.7 Å². The lowest BCUT2D eigenvalue weighted by Gasteiger charge is -2.37. The summed E-state index contributed by atoms with van der Waals surface area (Å²) in [6.07, 6.45) is 2.09. The number of carbonyl (C=O) groups is 1. The molecule has 10 heteroatoms. The molecule has 0 radical (unpaired) electrons. The van der Waals surface area contributed by atoms with Crippen LogP contribution < -0.4 is 4.74 Å². The molecule has 180 valence electrons. The highest BCUT2D eigenvalue weighted by molar-refractivity contribution is 7.89. The smallest absolute Gasteiger partial charge is 0.321 e. The van der Waals surface area contributed by atoms with Crippen LogP contribution in [0.1, 0.15) is 19.3 Å². The predicted octanol–water partition coefficient (Wildman–Crippen LogP) is 4.09. The van der Waals surface area contributed by atoms with Gasteiger partial charge in [0.25, 0.3) is 0 Å². The van der Waals surface area contributed by atoms with Crippen molar-refractivity contribution in [2.75, 3.05) is 39.9 Å². The number of carbonyl (C=O) groups excluding carboxylic acids is 1. The largest absolute Gasteiger partial charge is 0.493 e. The first-order chi connectivity index (χ1) is 15.8. The summed E-state index contributed by atoms with van der Waals surface area (Å²) >= 11 is 11.9. The number of esters is 1. The Hall–Kier alpha value is -1.84. The average molecular weight is 515 g/mol. The van der Waals surface area contributed by atoms with Crippen LogP contribution in [0.2, 0.25) is 10.0 Å². The van der Waals surface area contributed by atoms with Crippen LogP contribution in [-0.4, -0.2) is 69.5 Å². The molecule has 1 saturated heterocycles. The number of hydrogen-bond donors (Lipinski definition) is 0. The number of hydrogen-bond acceptors (Lipinski definition) is 6. The normalized spacial score (nSPS) is 15.5. The SMILES string of the molecule is COC(=O)CN(C1CCN(CCCOc2ccc(Cl)c(Cl)c2)CC1)S(=O)(=O)c1ccccc1. The lowest BCUT2D eigenvalue weighted by Crippen LogP contribution is -2.49. The highest BCUT2D eigenvalue weighted by Gasteiger charge is 2.35. The zero-order valence-corrected chi connectivity index (χ0v) is 20.8. The third-order valence-electron chi connectivity index (χ3n) is 5.61. The summed E-state index contributed by atoms with van der Waals surface area (Å²) in [4.78, 5) is 14.4. The molecule has 1 heterocycles. The van der Waals surface area contributed by atoms with Gasteiger partial charge in [-0.1, -0.05) is 41.4 Å². The molecular weight excluding hydrogens is 487 g/mol. The van der Waals surface area contributed by atoms with Crippen LogP contribution in [0.5, 0.6) is 5.75 Å². The van der Waals surface area contributed by atoms with E-state index in [1.165, 1.54) is 11.4 Å². The van der Waals surface area contributed by atoms with E-state index < -0.39 is 16.0 Å². The van der Waals surface area contributed by atoms with Gasteiger partial charge in [-0.2, -0.15) is 4.31 Å². The monoisotopic (exact) mass is 514 g/mol. The summed E-state index contributed by atoms with van der Waals surface area (Å²) in [5.41, 5.74) is 0. The second kappa shape index (κ2) is 12.0. The second-order valence-corrected chi connectivity index (χ2v) is 10.5. The molecule has 0 aromatic heterocycles. The summed E-state index contributed by atoms with van der Waals surface area (Å²) in [7, 11) is -2.55. The minimum Gasteiger partial charge on any atom is -0.493 e. The van der Waals surface area contributed by atoms with Gasteiger partial charge in [-0.3, -0.25) is 4.79 Å². The molecule has 7 nitrogen and oxygen atoms in total. The zero-order chi connectivity index (χ0) is 23.8. The summed E-state index contributed by atoms with van der Waals surface area (Å²) in [6.45, 7) is 2.54. The van der Waals surface area contributed by atoms with Gasteiger partial charge in [0, 0.05) is 18.7 Å². The maximum absolute atomic E-state index is 13.2. The van der Waals surface area contributed by atoms with Gasteiger partial charge in [-0.05, 0) is 56.6 Å². The minimum absolute atomic E-state index is 0.177. The third-order valence-corrected chi connectivity index (χ3v) is 8.26. The first kappa shape index (κ1) is 25.8. The molecule has 0 spiro atoms. The van der Waals surface area contributed by atoms with Gasteiger partial charge in [0.2, 0.25) is 10.0 Å². The van der Waals surface area contributed by atoms with Gasteiger partial charge in [0.15, 0.2) is 0 Å². The van der Waals surface area contributed by atoms with Gasteiger partial charge in [-0.25, -0.2) is 8.42 Å². The van der Waals surface area contributed by atoms with Crippen molar-refractivity contribution >= 4 is 39.2 Å². The molecule has 2 aromatic carbocycles. The number of benzene rings is 2. The Morgan fingerprint density at radius 2 is 1.79 bits per heavy atom. The van der Waals surface area contributed by atoms with Gasteiger partial charge < -0.3 is 14.4 Å². The molecule has 0 aliphatic carbocycles. The molecule has 0 saturated carbocycles. The molecule has 1 aliphatic rings. The molecule has 0 bridgehead atoms. The molecule has 0 unspecified atom stereocenters. The second-order valence-electron chi connectivity index (χ2n) is 7.79. The van der Waals surface area contributed by atoms with Crippen molar-refractivity contribution in [3.8, 4) is 5.75 Å². The van der Waals surface area contributed by atoms with Gasteiger partial charge in [0.05, 0.1) is 28.7 Å². The molecule has 2 aromatic rings. The summed E-state index contributed by atoms with van der Waals surface area (Å²) in [5, 5.41) is 0.945. The van der Waals surface area contributed by atoms with E-state index in [0.717, 1.165) is 26.1 Å². The quantitative estimate of drug-likeness (QED) is 0.351. The molecule has 0 amide bonds. The van der Waals surface area contributed by atoms with E-state index in [-0.39, 0.29) is 17.5 Å². The Labute approximate surface area is 205 Å². The average Bonchev–Trinajstić information content (AvgIpc) is 2.83. The zero-order valence-electron chi connectivity index (χ0n) is 18.5. The number of halogens is 2. The van der Waals surface area contributed by atoms with Crippen molar-refractivity contribution in [1.29, 1.82) is 0 Å². The van der Waals surface area contributed by atoms with Crippen LogP contribution in [0.25, 0.3) is 0 Å². The molecule has 0 N–H and O–H groups in total. The Morgan fingerprint density at radius 3 is 2.42 bits per heavy atom. The van der Waals surface area contributed by atoms with Crippen LogP contribution >= 0.6 is 23.2 Å². The predicted molar refractivity (Wildman–Crippen MR) is 128 cm³/mol. The molecule has 1 fully saturated rings. The molecular formula is C23H28Cl2N2O5S. The van der Waals surface area contributed by atoms with Crippen LogP contribution in [0.4, 0.5) is 0 Å². The fraction of sp³-hybridized carbons (Fsp3) is 0.435. The molecule has 1 aliphatic heterocycles. The molecule has 3 rings (SSSR count). The van der Waals surface area contributed by atoms with Crippen LogP contribution in [-0.2, 0) is 19.6 Å². The van der Waals surface area contributed by atoms with Crippen molar-refractivity contribution in [3.05, 3.63) is 58.6 Å². The molecule has 0 atom stereocenters. The highest BCUT2D eigenvalue weighted by atomic mass is 35.5. The Balaban J connectivity index is 1.53. The fourth-order valence-electron chi connectivity index (χ4n) is 3.81. The van der Waals surface area contributed by atoms with Crippen molar-refractivity contribution in [1.82, 2.24) is 9.21 Å². The Morgan fingerprint density at radius 1 is 1.09 bits per heavy atom. The third kappa shape index (κ3) is 7.07. The van der Waals surface area contributed by atoms with E-state index in [1.54, 1.807) is 48.5 Å². The summed E-state index contributed by atoms with van der Waals surface area (Å²) in [5.74, 6) is 0.101. The number of likely N-dealkylation sites (tertiary alicyclic amines) is 1. The summed E-state index contributed by atoms with van der Waals surface area (Å²) in [6, 6.07) is 13.1. The van der Waals surface area contributed by atoms with Gasteiger partial charge >= 0.3 is 5.97 Å². The number of methoxy groups -OCH3 is 1. The van der Waals surface area contributed by atoms with E-state index in [2.05, 4.69) is 4.90 Å². The van der Waals surface area contributed by atoms with Crippen molar-refractivity contribution in [2.24, 2.45) is 0 Å². The molecule has 33 heavy (non-hydrogen) atoms. The fourth-order valence-corrected chi connectivity index (χ4v) is 5.74. The maximum Gasteiger partial charge on any atom is 0.321 e. The highest BCUT2D eigenvalue weighted by Crippen LogP contribution is 2.27. The number of nitrogens with zero attached hydrogens (tertiary/aromatic N) is 2. The van der Waals surface area contributed by atoms with E-state index >= 15 is 0 Å². The van der Waals surface area contributed by atoms with Crippen LogP contribution in [0, 0.1) is 0 Å². The number of sulfonamides is 1. The number of ether oxygens (including phenoxy) is 2. The minimum atomic E-state index is -3.81. The topological polar surface area (TPSA) is 76.2 Å². The van der Waals surface area contributed by atoms with Crippen molar-refractivity contribution in [2.45, 2.75) is 30.2 Å². The lowest BCUT2D eigenvalue weighted by atomic mass is 10.0. The van der Waals surface area contributed by atoms with Crippen molar-refractivity contribution in [3.63, 3.8) is 0 Å². The van der Waals surface area contributed by atoms with Crippen LogP contribution in [0.3, 0.4) is 0 Å². The maximum atomic E-state index is 13.2. The van der Waals surface area contributed by atoms with E-state index in [4.69, 9.17) is 32.7 Å². The van der Waals surface area contributed by atoms with Gasteiger partial charge in [0.1, 0.15) is 12.3 Å². The first-order valence-electron chi connectivity index (χ1n) is 10.7. The van der Waals surface area contributed by atoms with E-state index in [1.807, 2.05) is 0 Å². The van der Waals surface area contributed by atoms with E-state index in [0.29, 0.717) is 35.2 Å². The number of rotatable bonds is 10. The standard InChI is InChI=1S/C23H28Cl2N2O5S/c1-31-23(28)17-27(33(29,30)20-6-3-2-4-7-20)18-10-13-26(14-11-18)12-5-15-32-19-8-9-21(24)22(25)16-19/h2-4,6-9,16,18H,5,10-15,17H2,1H3. The Bertz CT molecular complexity index is 1030. The van der Waals surface area contributed by atoms with E-state index in [9.17, 15) is 13.2 Å². The Kier molecular flexibility index (Phi) is 9.40. The van der Waals surface area contributed by atoms with Crippen LogP contribution in [0.15, 0.2) is 53.4 Å². The van der Waals surface area contributed by atoms with Gasteiger partial charge in [-0.15, -0.1) is 0 Å². The summed E-state index contributed by atoms with van der Waals surface area (Å²) < 4.78 is 38.2. The first-order valence-corrected chi connectivity index (χ1v) is 12.9. The lowest BCUT2D eigenvalue weighted by molar-refractivity contribution is -0.141. The number of piperidine rings is 1.